The Morgan fingerprint density at radius 3 is 1.33 bits per heavy atom. The first kappa shape index (κ1) is 66.1. The number of hydrogen-bond donors (Lipinski definition) is 2. The molecule has 4 fully saturated rings. The summed E-state index contributed by atoms with van der Waals surface area (Å²) >= 11 is 0. The number of rotatable bonds is 13. The fraction of sp³-hybridized carbons (Fsp3) is 0.446. The Bertz CT molecular complexity index is 3420. The van der Waals surface area contributed by atoms with E-state index in [0.717, 1.165) is 53.3 Å². The van der Waals surface area contributed by atoms with Gasteiger partial charge in [0.2, 0.25) is 5.91 Å². The van der Waals surface area contributed by atoms with E-state index >= 15 is 0 Å². The molecular weight excluding hydrogens is 1140 g/mol. The Morgan fingerprint density at radius 2 is 0.977 bits per heavy atom. The normalized spacial score (nSPS) is 18.9. The molecule has 2 aromatic heterocycles. The molecule has 21 nitrogen and oxygen atoms in total. The van der Waals surface area contributed by atoms with E-state index in [1.807, 2.05) is 109 Å². The zero-order valence-corrected chi connectivity index (χ0v) is 52.0. The summed E-state index contributed by atoms with van der Waals surface area (Å²) in [6, 6.07) is 32.8. The van der Waals surface area contributed by atoms with Crippen molar-refractivity contribution in [2.45, 2.75) is 139 Å². The lowest BCUT2D eigenvalue weighted by Gasteiger charge is -2.40. The molecule has 4 aromatic carbocycles. The average Bonchev–Trinajstić information content (AvgIpc) is 2.09. The zero-order valence-electron chi connectivity index (χ0n) is 51.2. The van der Waals surface area contributed by atoms with Crippen LogP contribution in [0.4, 0.5) is 9.59 Å². The number of esters is 3. The summed E-state index contributed by atoms with van der Waals surface area (Å²) in [6.07, 6.45) is 2.70. The largest absolute Gasteiger partial charge is 0.497 e. The number of nitrogens with two attached hydrogens (primary N) is 1. The average molecular weight is 1220 g/mol. The predicted octanol–water partition coefficient (Wildman–Crippen LogP) is 10.2. The van der Waals surface area contributed by atoms with Crippen LogP contribution in [0, 0.1) is 0 Å². The highest BCUT2D eigenvalue weighted by atomic mass is 35.5. The smallest absolute Gasteiger partial charge is 0.411 e. The summed E-state index contributed by atoms with van der Waals surface area (Å²) in [4.78, 5) is 87.9. The number of hydrogen-bond acceptors (Lipinski definition) is 18. The molecule has 3 amide bonds. The maximum atomic E-state index is 13.6. The predicted molar refractivity (Wildman–Crippen MR) is 328 cm³/mol. The van der Waals surface area contributed by atoms with Gasteiger partial charge in [0, 0.05) is 59.0 Å². The minimum atomic E-state index is -1.07. The van der Waals surface area contributed by atoms with Crippen molar-refractivity contribution < 1.29 is 71.4 Å². The fourth-order valence-corrected chi connectivity index (χ4v) is 10.5. The second-order valence-electron chi connectivity index (χ2n) is 23.7. The topological polar surface area (TPSA) is 256 Å². The van der Waals surface area contributed by atoms with Crippen LogP contribution in [-0.2, 0) is 42.9 Å². The van der Waals surface area contributed by atoms with E-state index in [-0.39, 0.29) is 44.3 Å². The maximum absolute atomic E-state index is 13.6. The fourth-order valence-electron chi connectivity index (χ4n) is 10.5. The van der Waals surface area contributed by atoms with Gasteiger partial charge >= 0.3 is 30.1 Å². The molecule has 10 rings (SSSR count). The van der Waals surface area contributed by atoms with Gasteiger partial charge in [0.1, 0.15) is 69.6 Å². The molecule has 0 bridgehead atoms. The minimum absolute atomic E-state index is 0. The van der Waals surface area contributed by atoms with Crippen LogP contribution in [0.1, 0.15) is 92.9 Å². The Kier molecular flexibility index (Phi) is 21.2. The number of carbonyl (C=O) groups excluding carboxylic acids is 6. The Labute approximate surface area is 513 Å². The van der Waals surface area contributed by atoms with Crippen molar-refractivity contribution in [3.05, 3.63) is 109 Å². The Balaban J connectivity index is 0.000000217. The summed E-state index contributed by atoms with van der Waals surface area (Å²) in [6.45, 7) is 11.0. The van der Waals surface area contributed by atoms with E-state index in [0.29, 0.717) is 52.6 Å². The molecule has 4 aliphatic rings. The molecule has 4 heterocycles. The standard InChI is InChI=1S/C32H37N3O7.C27H30N2O6.C6H11NO2.ClH/c1-31(2,3)42-30(38)35-19-22(17-26(35)28(36)34-32(14-9-15-32)29(37)40-5)41-27-18-24(20-10-7-6-8-11-20)33-25-16-21(39-4)12-13-23(25)27;1-27(2,3)35-26(31)29-16-19(14-23(29)25(30)33-5)34-24-15-21(17-9-7-6-8-10-17)28-22-13-18(32-4)11-12-20(22)24;1-9-5(8)6(7)3-2-4-6;/h6-8,10-13,16,18,22,26H,9,14-15,17,19H2,1-5H3,(H,34,36);6-13,15,19,23H,14,16H2,1-5H3;2-4,7H2,1H3;1H/t22?,26-;19?,23-;;/m00../s1. The first-order chi connectivity index (χ1) is 40.9. The highest BCUT2D eigenvalue weighted by molar-refractivity contribution is 5.94. The van der Waals surface area contributed by atoms with Crippen LogP contribution in [0.25, 0.3) is 44.3 Å². The van der Waals surface area contributed by atoms with Gasteiger partial charge in [0.05, 0.1) is 71.1 Å². The number of halogens is 1. The monoisotopic (exact) mass is 1220 g/mol. The number of aromatic nitrogens is 2. The number of methoxy groups -OCH3 is 5. The van der Waals surface area contributed by atoms with Crippen LogP contribution in [0.2, 0.25) is 0 Å². The van der Waals surface area contributed by atoms with Gasteiger partial charge in [-0.3, -0.25) is 19.4 Å². The number of carbonyl (C=O) groups is 6. The van der Waals surface area contributed by atoms with Gasteiger partial charge < -0.3 is 53.7 Å². The quantitative estimate of drug-likeness (QED) is 0.0805. The number of likely N-dealkylation sites (tertiary alicyclic amines) is 2. The molecule has 3 N–H and O–H groups in total. The van der Waals surface area contributed by atoms with Gasteiger partial charge in [0.25, 0.3) is 0 Å². The van der Waals surface area contributed by atoms with Crippen LogP contribution in [-0.4, -0.2) is 151 Å². The molecule has 2 saturated heterocycles. The van der Waals surface area contributed by atoms with Gasteiger partial charge in [-0.2, -0.15) is 0 Å². The van der Waals surface area contributed by atoms with Crippen molar-refractivity contribution in [3.8, 4) is 45.5 Å². The third-order valence-electron chi connectivity index (χ3n) is 15.2. The van der Waals surface area contributed by atoms with Crippen LogP contribution in [0.15, 0.2) is 109 Å². The van der Waals surface area contributed by atoms with E-state index in [2.05, 4.69) is 10.1 Å². The highest BCUT2D eigenvalue weighted by Gasteiger charge is 2.51. The lowest BCUT2D eigenvalue weighted by atomic mass is 9.76. The van der Waals surface area contributed by atoms with Crippen LogP contribution >= 0.6 is 12.4 Å². The minimum Gasteiger partial charge on any atom is -0.497 e. The molecule has 466 valence electrons. The molecule has 2 aliphatic heterocycles. The molecule has 2 unspecified atom stereocenters. The molecule has 2 saturated carbocycles. The maximum Gasteiger partial charge on any atom is 0.411 e. The molecule has 22 heteroatoms. The third kappa shape index (κ3) is 16.0. The molecular formula is C65H79ClN6O15. The van der Waals surface area contributed by atoms with E-state index in [1.165, 1.54) is 31.1 Å². The van der Waals surface area contributed by atoms with Crippen LogP contribution < -0.4 is 30.0 Å². The zero-order chi connectivity index (χ0) is 62.1. The second kappa shape index (κ2) is 27.9. The first-order valence-corrected chi connectivity index (χ1v) is 28.7. The number of nitrogens with one attached hydrogen (secondary N) is 1. The number of benzene rings is 4. The second-order valence-corrected chi connectivity index (χ2v) is 23.7. The van der Waals surface area contributed by atoms with Crippen LogP contribution in [0.3, 0.4) is 0 Å². The van der Waals surface area contributed by atoms with Gasteiger partial charge in [-0.15, -0.1) is 12.4 Å². The number of nitrogens with zero attached hydrogens (tertiary/aromatic N) is 4. The van der Waals surface area contributed by atoms with Crippen molar-refractivity contribution >= 4 is 70.2 Å². The van der Waals surface area contributed by atoms with Gasteiger partial charge in [-0.25, -0.2) is 29.1 Å². The Hall–Kier alpha value is -8.43. The first-order valence-electron chi connectivity index (χ1n) is 28.7. The van der Waals surface area contributed by atoms with Gasteiger partial charge in [-0.05, 0) is 104 Å². The molecule has 2 aliphatic carbocycles. The SMILES string of the molecule is COC(=O)C1(N)CCC1.COC(=O)C1(NC(=O)[C@@H]2CC(Oc3cc(-c4ccccc4)nc4cc(OC)ccc34)CN2C(=O)OC(C)(C)C)CCC1.COC(=O)[C@@H]1CC(Oc2cc(-c3ccccc3)nc3cc(OC)ccc23)CN1C(=O)OC(C)(C)C.Cl. The van der Waals surface area contributed by atoms with Crippen molar-refractivity contribution in [2.24, 2.45) is 5.73 Å². The lowest BCUT2D eigenvalue weighted by Crippen LogP contribution is -2.62. The van der Waals surface area contributed by atoms with Crippen LogP contribution in [0.5, 0.6) is 23.0 Å². The number of pyridine rings is 2. The number of amides is 3. The van der Waals surface area contributed by atoms with Crippen molar-refractivity contribution in [1.29, 1.82) is 0 Å². The van der Waals surface area contributed by atoms with Crippen molar-refractivity contribution in [1.82, 2.24) is 25.1 Å². The molecule has 6 aromatic rings. The molecule has 0 radical (unpaired) electrons. The highest BCUT2D eigenvalue weighted by Crippen LogP contribution is 2.39. The van der Waals surface area contributed by atoms with E-state index in [9.17, 15) is 28.8 Å². The summed E-state index contributed by atoms with van der Waals surface area (Å²) in [5.74, 6) is 0.831. The van der Waals surface area contributed by atoms with Gasteiger partial charge in [-0.1, -0.05) is 60.7 Å². The van der Waals surface area contributed by atoms with Gasteiger partial charge in [0.15, 0.2) is 0 Å². The number of fused-ring (bicyclic) bond motifs is 2. The summed E-state index contributed by atoms with van der Waals surface area (Å²) < 4.78 is 49.4. The molecule has 4 atom stereocenters. The summed E-state index contributed by atoms with van der Waals surface area (Å²) in [7, 11) is 7.19. The van der Waals surface area contributed by atoms with E-state index < -0.39 is 76.6 Å². The molecule has 87 heavy (non-hydrogen) atoms. The molecule has 0 spiro atoms. The lowest BCUT2D eigenvalue weighted by molar-refractivity contribution is -0.155. The van der Waals surface area contributed by atoms with E-state index in [1.54, 1.807) is 55.8 Å². The Morgan fingerprint density at radius 1 is 0.552 bits per heavy atom. The summed E-state index contributed by atoms with van der Waals surface area (Å²) in [5, 5.41) is 4.46. The third-order valence-corrected chi connectivity index (χ3v) is 15.2. The summed E-state index contributed by atoms with van der Waals surface area (Å²) in [5.41, 5.74) is 7.14. The number of ether oxygens (including phenoxy) is 9. The van der Waals surface area contributed by atoms with Crippen molar-refractivity contribution in [2.75, 3.05) is 48.6 Å². The van der Waals surface area contributed by atoms with Crippen molar-refractivity contribution in [3.63, 3.8) is 0 Å². The van der Waals surface area contributed by atoms with E-state index in [4.69, 9.17) is 53.6 Å².